The Kier molecular flexibility index (Phi) is 7.47. The number of rotatable bonds is 8. The highest BCUT2D eigenvalue weighted by Gasteiger charge is 2.57. The van der Waals surface area contributed by atoms with Gasteiger partial charge < -0.3 is 19.9 Å². The van der Waals surface area contributed by atoms with Gasteiger partial charge in [-0.1, -0.05) is 0 Å². The molecule has 2 amide bonds. The molecule has 0 unspecified atom stereocenters. The van der Waals surface area contributed by atoms with E-state index in [1.165, 1.54) is 31.4 Å². The lowest BCUT2D eigenvalue weighted by Crippen LogP contribution is -2.56. The van der Waals surface area contributed by atoms with Gasteiger partial charge in [-0.3, -0.25) is 19.7 Å². The van der Waals surface area contributed by atoms with E-state index < -0.39 is 20.9 Å². The number of carbonyl (C=O) groups is 2. The Morgan fingerprint density at radius 1 is 0.915 bits per heavy atom. The second kappa shape index (κ2) is 11.5. The summed E-state index contributed by atoms with van der Waals surface area (Å²) in [5.41, 5.74) is 0.797. The number of sulfonamides is 1. The highest BCUT2D eigenvalue weighted by Crippen LogP contribution is 2.61. The van der Waals surface area contributed by atoms with Crippen molar-refractivity contribution in [2.24, 2.45) is 29.1 Å². The number of likely N-dealkylation sites (tertiary alicyclic amines) is 1. The minimum Gasteiger partial charge on any atom is -0.381 e. The number of ether oxygens (including phenoxy) is 1. The van der Waals surface area contributed by atoms with Crippen LogP contribution in [-0.2, 0) is 19.6 Å². The van der Waals surface area contributed by atoms with Crippen molar-refractivity contribution in [3.63, 3.8) is 0 Å². The van der Waals surface area contributed by atoms with E-state index in [2.05, 4.69) is 19.8 Å². The summed E-state index contributed by atoms with van der Waals surface area (Å²) in [6.45, 7) is 3.47. The fourth-order valence-electron chi connectivity index (χ4n) is 9.87. The van der Waals surface area contributed by atoms with Crippen molar-refractivity contribution in [3.05, 3.63) is 58.1 Å². The van der Waals surface area contributed by atoms with Crippen LogP contribution >= 0.6 is 0 Å². The smallest absolute Gasteiger partial charge is 0.293 e. The van der Waals surface area contributed by atoms with E-state index in [1.807, 2.05) is 12.1 Å². The van der Waals surface area contributed by atoms with Crippen LogP contribution in [0.3, 0.4) is 0 Å². The number of anilines is 2. The van der Waals surface area contributed by atoms with Gasteiger partial charge in [0.05, 0.1) is 21.3 Å². The summed E-state index contributed by atoms with van der Waals surface area (Å²) in [5, 5.41) is 14.9. The molecule has 4 bridgehead atoms. The molecule has 2 atom stereocenters. The van der Waals surface area contributed by atoms with Gasteiger partial charge in [0.15, 0.2) is 0 Å². The molecule has 2 N–H and O–H groups in total. The van der Waals surface area contributed by atoms with E-state index in [9.17, 15) is 28.1 Å². The van der Waals surface area contributed by atoms with Gasteiger partial charge in [-0.25, -0.2) is 13.1 Å². The molecule has 4 saturated carbocycles. The molecule has 250 valence electrons. The summed E-state index contributed by atoms with van der Waals surface area (Å²) in [5.74, 6) is 2.19. The van der Waals surface area contributed by atoms with E-state index in [4.69, 9.17) is 4.74 Å². The lowest BCUT2D eigenvalue weighted by molar-refractivity contribution is -0.384. The summed E-state index contributed by atoms with van der Waals surface area (Å²) in [4.78, 5) is 42.1. The first-order valence-corrected chi connectivity index (χ1v) is 18.4. The lowest BCUT2D eigenvalue weighted by Gasteiger charge is -2.56. The zero-order chi connectivity index (χ0) is 32.5. The molecule has 12 nitrogen and oxygen atoms in total. The number of nitro groups is 1. The molecule has 2 aromatic rings. The second-order valence-corrected chi connectivity index (χ2v) is 16.5. The van der Waals surface area contributed by atoms with Crippen LogP contribution in [0.1, 0.15) is 61.7 Å². The number of nitro benzene ring substituents is 1. The van der Waals surface area contributed by atoms with E-state index in [-0.39, 0.29) is 39.3 Å². The Balaban J connectivity index is 0.900. The topological polar surface area (TPSA) is 151 Å². The van der Waals surface area contributed by atoms with Crippen molar-refractivity contribution >= 4 is 38.9 Å². The van der Waals surface area contributed by atoms with Crippen LogP contribution in [0.25, 0.3) is 0 Å². The largest absolute Gasteiger partial charge is 0.381 e. The number of benzene rings is 2. The first-order valence-electron chi connectivity index (χ1n) is 16.9. The Labute approximate surface area is 274 Å². The van der Waals surface area contributed by atoms with Crippen LogP contribution in [0, 0.1) is 39.2 Å². The number of hydrogen-bond acceptors (Lipinski definition) is 9. The van der Waals surface area contributed by atoms with Crippen molar-refractivity contribution in [3.8, 4) is 0 Å². The number of amides is 2. The maximum Gasteiger partial charge on any atom is 0.293 e. The molecule has 3 saturated heterocycles. The predicted octanol–water partition coefficient (Wildman–Crippen LogP) is 4.17. The summed E-state index contributed by atoms with van der Waals surface area (Å²) < 4.78 is 33.6. The molecule has 0 radical (unpaired) electrons. The average molecular weight is 664 g/mol. The molecule has 47 heavy (non-hydrogen) atoms. The predicted molar refractivity (Wildman–Crippen MR) is 173 cm³/mol. The van der Waals surface area contributed by atoms with Crippen LogP contribution in [0.15, 0.2) is 47.4 Å². The van der Waals surface area contributed by atoms with Crippen LogP contribution in [0.5, 0.6) is 0 Å². The molecular formula is C34H41N5O7S. The third kappa shape index (κ3) is 5.54. The highest BCUT2D eigenvalue weighted by molar-refractivity contribution is 7.90. The molecular weight excluding hydrogens is 622 g/mol. The Hall–Kier alpha value is -3.71. The van der Waals surface area contributed by atoms with Crippen molar-refractivity contribution < 1.29 is 27.7 Å². The van der Waals surface area contributed by atoms with E-state index in [0.717, 1.165) is 68.4 Å². The second-order valence-electron chi connectivity index (χ2n) is 14.8. The van der Waals surface area contributed by atoms with E-state index >= 15 is 0 Å². The van der Waals surface area contributed by atoms with Crippen LogP contribution in [-0.4, -0.2) is 75.0 Å². The zero-order valence-electron chi connectivity index (χ0n) is 26.3. The monoisotopic (exact) mass is 663 g/mol. The molecule has 9 rings (SSSR count). The average Bonchev–Trinajstić information content (AvgIpc) is 3.36. The lowest BCUT2D eigenvalue weighted by atomic mass is 9.49. The molecule has 2 aromatic carbocycles. The molecule has 0 spiro atoms. The maximum absolute atomic E-state index is 13.9. The van der Waals surface area contributed by atoms with Crippen molar-refractivity contribution in [1.82, 2.24) is 9.62 Å². The number of nitrogens with one attached hydrogen (secondary N) is 2. The number of fused-ring (bicyclic) bond motifs is 1. The Morgan fingerprint density at radius 2 is 1.57 bits per heavy atom. The Bertz CT molecular complexity index is 1670. The molecule has 3 heterocycles. The Morgan fingerprint density at radius 3 is 2.21 bits per heavy atom. The minimum atomic E-state index is -4.38. The number of hydrogen-bond donors (Lipinski definition) is 2. The van der Waals surface area contributed by atoms with Gasteiger partial charge >= 0.3 is 0 Å². The van der Waals surface area contributed by atoms with Gasteiger partial charge in [-0.05, 0) is 106 Å². The molecule has 13 heteroatoms. The van der Waals surface area contributed by atoms with Crippen LogP contribution in [0.2, 0.25) is 0 Å². The first kappa shape index (κ1) is 30.6. The fourth-order valence-corrected chi connectivity index (χ4v) is 10.9. The minimum absolute atomic E-state index is 0.0174. The van der Waals surface area contributed by atoms with Gasteiger partial charge in [0.1, 0.15) is 5.69 Å². The molecule has 4 aliphatic carbocycles. The summed E-state index contributed by atoms with van der Waals surface area (Å²) in [7, 11) is -4.38. The number of nitrogens with zero attached hydrogens (tertiary/aromatic N) is 3. The van der Waals surface area contributed by atoms with Crippen molar-refractivity contribution in [1.29, 1.82) is 0 Å². The van der Waals surface area contributed by atoms with Crippen molar-refractivity contribution in [2.45, 2.75) is 68.3 Å². The molecule has 0 aromatic heterocycles. The summed E-state index contributed by atoms with van der Waals surface area (Å²) in [6, 6.07) is 10.6. The van der Waals surface area contributed by atoms with E-state index in [0.29, 0.717) is 37.9 Å². The standard InChI is InChI=1S/C34H41N5O7S/c40-32(36-47(44,45)28-5-6-29(30(14-28)39(42)43)35-26-7-9-46-10-8-26)24-1-3-27(4-2-24)38-19-25-18-37(20-31(25)38)33(41)34-15-21-11-22(16-34)13-23(12-21)17-34/h1-6,14,21-23,25-26,31,35H,7-13,15-20H2,(H,36,40)/t21?,22?,23?,25-,31-,34?/m1/s1. The third-order valence-corrected chi connectivity index (χ3v) is 13.1. The van der Waals surface area contributed by atoms with Crippen molar-refractivity contribution in [2.75, 3.05) is 43.1 Å². The maximum atomic E-state index is 13.9. The molecule has 7 aliphatic rings. The zero-order valence-corrected chi connectivity index (χ0v) is 27.1. The SMILES string of the molecule is O=C(NS(=O)(=O)c1ccc(NC2CCOCC2)c([N+](=O)[O-])c1)c1ccc(N2C[C@H]3CN(C(=O)C45CC6CC(CC(C6)C4)C5)C[C@H]32)cc1. The third-order valence-electron chi connectivity index (χ3n) is 11.8. The quantitative estimate of drug-likeness (QED) is 0.313. The van der Waals surface area contributed by atoms with Gasteiger partial charge in [-0.2, -0.15) is 0 Å². The van der Waals surface area contributed by atoms with Crippen LogP contribution in [0.4, 0.5) is 17.1 Å². The molecule has 7 fully saturated rings. The number of carbonyl (C=O) groups excluding carboxylic acids is 2. The summed E-state index contributed by atoms with van der Waals surface area (Å²) in [6.07, 6.45) is 8.53. The highest BCUT2D eigenvalue weighted by atomic mass is 32.2. The first-order chi connectivity index (χ1) is 22.6. The normalized spacial score (nSPS) is 31.3. The summed E-state index contributed by atoms with van der Waals surface area (Å²) >= 11 is 0. The fraction of sp³-hybridized carbons (Fsp3) is 0.588. The van der Waals surface area contributed by atoms with Gasteiger partial charge in [0, 0.05) is 62.1 Å². The van der Waals surface area contributed by atoms with Crippen LogP contribution < -0.4 is 14.9 Å². The van der Waals surface area contributed by atoms with E-state index in [1.54, 1.807) is 12.1 Å². The van der Waals surface area contributed by atoms with Gasteiger partial charge in [0.25, 0.3) is 21.6 Å². The molecule has 3 aliphatic heterocycles. The van der Waals surface area contributed by atoms with Gasteiger partial charge in [0.2, 0.25) is 5.91 Å². The van der Waals surface area contributed by atoms with Gasteiger partial charge in [-0.15, -0.1) is 0 Å².